The monoisotopic (exact) mass is 421 g/mol. The molecule has 1 saturated heterocycles. The molecular formula is C26H41F2NO. The van der Waals surface area contributed by atoms with Gasteiger partial charge in [0, 0.05) is 19.0 Å². The van der Waals surface area contributed by atoms with Crippen molar-refractivity contribution in [1.82, 2.24) is 4.90 Å². The van der Waals surface area contributed by atoms with Crippen LogP contribution >= 0.6 is 0 Å². The van der Waals surface area contributed by atoms with Crippen molar-refractivity contribution in [2.45, 2.75) is 96.5 Å². The fraction of sp³-hybridized carbons (Fsp3) is 0.846. The molecule has 0 bridgehead atoms. The van der Waals surface area contributed by atoms with Gasteiger partial charge in [-0.1, -0.05) is 30.2 Å². The number of fused-ring (bicyclic) bond motifs is 1. The number of alkyl halides is 2. The molecule has 3 aliphatic carbocycles. The van der Waals surface area contributed by atoms with Crippen LogP contribution in [0.2, 0.25) is 0 Å². The minimum atomic E-state index is -2.52. The van der Waals surface area contributed by atoms with E-state index in [9.17, 15) is 13.9 Å². The molecule has 2 nitrogen and oxygen atoms in total. The lowest BCUT2D eigenvalue weighted by atomic mass is 9.62. The molecule has 0 aromatic heterocycles. The Kier molecular flexibility index (Phi) is 6.75. The Labute approximate surface area is 181 Å². The highest BCUT2D eigenvalue weighted by Crippen LogP contribution is 2.58. The van der Waals surface area contributed by atoms with Gasteiger partial charge in [0.15, 0.2) is 0 Å². The Morgan fingerprint density at radius 3 is 2.67 bits per heavy atom. The molecule has 4 atom stereocenters. The van der Waals surface area contributed by atoms with E-state index in [0.717, 1.165) is 51.5 Å². The molecule has 1 heterocycles. The summed E-state index contributed by atoms with van der Waals surface area (Å²) in [6, 6.07) is 0. The summed E-state index contributed by atoms with van der Waals surface area (Å²) in [5.41, 5.74) is 3.49. The average molecular weight is 422 g/mol. The van der Waals surface area contributed by atoms with Gasteiger partial charge in [0.2, 0.25) is 0 Å². The van der Waals surface area contributed by atoms with Crippen LogP contribution in [0.3, 0.4) is 0 Å². The van der Waals surface area contributed by atoms with Crippen molar-refractivity contribution in [1.29, 1.82) is 0 Å². The van der Waals surface area contributed by atoms with E-state index >= 15 is 0 Å². The maximum Gasteiger partial charge on any atom is 0.250 e. The molecule has 4 unspecified atom stereocenters. The fourth-order valence-corrected chi connectivity index (χ4v) is 6.90. The number of nitrogens with zero attached hydrogens (tertiary/aromatic N) is 1. The zero-order valence-corrected chi connectivity index (χ0v) is 19.0. The van der Waals surface area contributed by atoms with E-state index in [0.29, 0.717) is 24.4 Å². The highest BCUT2D eigenvalue weighted by Gasteiger charge is 2.49. The van der Waals surface area contributed by atoms with Crippen molar-refractivity contribution >= 4 is 0 Å². The van der Waals surface area contributed by atoms with Gasteiger partial charge in [-0.15, -0.1) is 0 Å². The van der Waals surface area contributed by atoms with Crippen molar-refractivity contribution in [2.75, 3.05) is 19.6 Å². The number of likely N-dealkylation sites (tertiary alicyclic amines) is 1. The molecule has 30 heavy (non-hydrogen) atoms. The van der Waals surface area contributed by atoms with E-state index < -0.39 is 11.8 Å². The smallest absolute Gasteiger partial charge is 0.250 e. The number of aliphatic hydroxyl groups excluding tert-OH is 1. The predicted molar refractivity (Wildman–Crippen MR) is 119 cm³/mol. The summed E-state index contributed by atoms with van der Waals surface area (Å²) in [5.74, 6) is -1.46. The molecular weight excluding hydrogens is 380 g/mol. The summed E-state index contributed by atoms with van der Waals surface area (Å²) in [4.78, 5) is 2.22. The molecule has 0 spiro atoms. The number of halogens is 2. The Morgan fingerprint density at radius 1 is 1.13 bits per heavy atom. The molecule has 4 heteroatoms. The molecule has 3 saturated carbocycles. The van der Waals surface area contributed by atoms with Crippen molar-refractivity contribution < 1.29 is 13.9 Å². The fourth-order valence-electron chi connectivity index (χ4n) is 6.90. The van der Waals surface area contributed by atoms with Crippen LogP contribution in [-0.2, 0) is 0 Å². The van der Waals surface area contributed by atoms with Crippen LogP contribution in [0.1, 0.15) is 84.5 Å². The average Bonchev–Trinajstić information content (AvgIpc) is 2.97. The van der Waals surface area contributed by atoms with E-state index in [4.69, 9.17) is 0 Å². The topological polar surface area (TPSA) is 23.5 Å². The third-order valence-corrected chi connectivity index (χ3v) is 8.93. The molecule has 4 rings (SSSR count). The Morgan fingerprint density at radius 2 is 1.93 bits per heavy atom. The summed E-state index contributed by atoms with van der Waals surface area (Å²) < 4.78 is 26.7. The number of aliphatic hydroxyl groups is 1. The van der Waals surface area contributed by atoms with Gasteiger partial charge in [-0.2, -0.15) is 0 Å². The molecule has 1 aliphatic heterocycles. The van der Waals surface area contributed by atoms with Gasteiger partial charge in [0.25, 0.3) is 5.92 Å². The first-order chi connectivity index (χ1) is 14.3. The summed E-state index contributed by atoms with van der Waals surface area (Å²) >= 11 is 0. The molecule has 0 aromatic carbocycles. The van der Waals surface area contributed by atoms with Gasteiger partial charge in [-0.3, -0.25) is 0 Å². The maximum absolute atomic E-state index is 13.3. The first-order valence-electron chi connectivity index (χ1n) is 12.4. The van der Waals surface area contributed by atoms with Crippen molar-refractivity contribution in [3.63, 3.8) is 0 Å². The van der Waals surface area contributed by atoms with Crippen LogP contribution in [0, 0.1) is 23.2 Å². The second kappa shape index (κ2) is 9.02. The second-order valence-corrected chi connectivity index (χ2v) is 11.1. The molecule has 4 fully saturated rings. The highest BCUT2D eigenvalue weighted by molar-refractivity contribution is 5.25. The van der Waals surface area contributed by atoms with E-state index in [1.807, 2.05) is 0 Å². The first-order valence-corrected chi connectivity index (χ1v) is 12.4. The molecule has 170 valence electrons. The minimum absolute atomic E-state index is 0.138. The third kappa shape index (κ3) is 4.85. The largest absolute Gasteiger partial charge is 0.393 e. The quantitative estimate of drug-likeness (QED) is 0.539. The van der Waals surface area contributed by atoms with Crippen LogP contribution in [0.25, 0.3) is 0 Å². The summed E-state index contributed by atoms with van der Waals surface area (Å²) in [6.45, 7) is 5.72. The number of hydrogen-bond donors (Lipinski definition) is 1. The lowest BCUT2D eigenvalue weighted by molar-refractivity contribution is -0.104. The van der Waals surface area contributed by atoms with E-state index in [1.54, 1.807) is 5.57 Å². The normalized spacial score (nSPS) is 38.8. The van der Waals surface area contributed by atoms with E-state index in [2.05, 4.69) is 24.0 Å². The number of hydrogen-bond acceptors (Lipinski definition) is 2. The SMILES string of the molecule is CC(F)(F)C1CN(CCCC2CCC3/C(=C/C=C4/CCCC(O)C4)CCCC23C)C1. The predicted octanol–water partition coefficient (Wildman–Crippen LogP) is 6.36. The number of allylic oxidation sites excluding steroid dienone is 3. The van der Waals surface area contributed by atoms with Crippen LogP contribution in [0.15, 0.2) is 23.3 Å². The lowest BCUT2D eigenvalue weighted by Gasteiger charge is -2.44. The zero-order chi connectivity index (χ0) is 21.4. The van der Waals surface area contributed by atoms with Crippen molar-refractivity contribution in [3.8, 4) is 0 Å². The van der Waals surface area contributed by atoms with E-state index in [1.165, 1.54) is 44.1 Å². The third-order valence-electron chi connectivity index (χ3n) is 8.93. The van der Waals surface area contributed by atoms with Crippen LogP contribution in [-0.4, -0.2) is 41.7 Å². The lowest BCUT2D eigenvalue weighted by Crippen LogP contribution is -2.53. The molecule has 1 N–H and O–H groups in total. The summed E-state index contributed by atoms with van der Waals surface area (Å²) in [7, 11) is 0. The van der Waals surface area contributed by atoms with Crippen LogP contribution < -0.4 is 0 Å². The zero-order valence-electron chi connectivity index (χ0n) is 19.0. The Hall–Kier alpha value is -0.740. The first kappa shape index (κ1) is 22.5. The highest BCUT2D eigenvalue weighted by atomic mass is 19.3. The summed E-state index contributed by atoms with van der Waals surface area (Å²) in [5, 5.41) is 9.94. The van der Waals surface area contributed by atoms with Gasteiger partial charge in [0.05, 0.1) is 6.10 Å². The molecule has 0 radical (unpaired) electrons. The van der Waals surface area contributed by atoms with Crippen LogP contribution in [0.4, 0.5) is 8.78 Å². The van der Waals surface area contributed by atoms with Gasteiger partial charge < -0.3 is 10.0 Å². The Balaban J connectivity index is 1.29. The van der Waals surface area contributed by atoms with Gasteiger partial charge in [0.1, 0.15) is 0 Å². The molecule has 0 aromatic rings. The molecule has 4 aliphatic rings. The van der Waals surface area contributed by atoms with E-state index in [-0.39, 0.29) is 6.10 Å². The summed E-state index contributed by atoms with van der Waals surface area (Å²) in [6.07, 6.45) is 17.6. The van der Waals surface area contributed by atoms with Gasteiger partial charge in [-0.25, -0.2) is 8.78 Å². The van der Waals surface area contributed by atoms with Gasteiger partial charge >= 0.3 is 0 Å². The number of rotatable bonds is 6. The standard InChI is InChI=1S/C26H41F2NO/c1-25-14-4-7-20(11-10-19-6-3-9-23(30)16-19)24(25)13-12-21(25)8-5-15-29-17-22(18-29)26(2,27)28/h10-11,21-24,30H,3-9,12-18H2,1-2H3/b19-10-,20-11+. The minimum Gasteiger partial charge on any atom is -0.393 e. The maximum atomic E-state index is 13.3. The Bertz CT molecular complexity index is 660. The van der Waals surface area contributed by atoms with Crippen LogP contribution in [0.5, 0.6) is 0 Å². The van der Waals surface area contributed by atoms with Crippen molar-refractivity contribution in [2.24, 2.45) is 23.2 Å². The van der Waals surface area contributed by atoms with Crippen molar-refractivity contribution in [3.05, 3.63) is 23.3 Å². The second-order valence-electron chi connectivity index (χ2n) is 11.1. The molecule has 0 amide bonds. The van der Waals surface area contributed by atoms with Gasteiger partial charge in [-0.05, 0) is 101 Å².